The van der Waals surface area contributed by atoms with Crippen LogP contribution >= 0.6 is 0 Å². The van der Waals surface area contributed by atoms with Crippen LogP contribution in [0.1, 0.15) is 30.4 Å². The second-order valence-electron chi connectivity index (χ2n) is 5.92. The van der Waals surface area contributed by atoms with Gasteiger partial charge in [0, 0.05) is 19.7 Å². The molecule has 1 heterocycles. The van der Waals surface area contributed by atoms with Crippen LogP contribution in [0.15, 0.2) is 18.2 Å². The third-order valence-electron chi connectivity index (χ3n) is 4.32. The summed E-state index contributed by atoms with van der Waals surface area (Å²) in [6, 6.07) is 6.60. The van der Waals surface area contributed by atoms with Gasteiger partial charge in [-0.15, -0.1) is 0 Å². The summed E-state index contributed by atoms with van der Waals surface area (Å²) in [5.74, 6) is 1.72. The van der Waals surface area contributed by atoms with Crippen LogP contribution in [0, 0.1) is 5.92 Å². The summed E-state index contributed by atoms with van der Waals surface area (Å²) in [5, 5.41) is 3.45. The molecule has 1 N–H and O–H groups in total. The highest BCUT2D eigenvalue weighted by molar-refractivity contribution is 5.37. The highest BCUT2D eigenvalue weighted by atomic mass is 16.5. The molecule has 1 aliphatic heterocycles. The van der Waals surface area contributed by atoms with Crippen molar-refractivity contribution in [1.29, 1.82) is 0 Å². The number of benzene rings is 1. The molecule has 3 heteroatoms. The number of rotatable bonds is 6. The highest BCUT2D eigenvalue weighted by Gasteiger charge is 2.14. The van der Waals surface area contributed by atoms with E-state index in [0.29, 0.717) is 5.92 Å². The molecule has 0 aromatic heterocycles. The minimum absolute atomic E-state index is 0.693. The van der Waals surface area contributed by atoms with Crippen LogP contribution in [0.4, 0.5) is 0 Å². The molecule has 1 aliphatic carbocycles. The molecule has 3 nitrogen and oxygen atoms in total. The average Bonchev–Trinajstić information content (AvgIpc) is 3.00. The summed E-state index contributed by atoms with van der Waals surface area (Å²) in [6.45, 7) is 4.55. The second kappa shape index (κ2) is 7.09. The van der Waals surface area contributed by atoms with Crippen molar-refractivity contribution in [2.45, 2.75) is 32.1 Å². The fraction of sp³-hybridized carbons (Fsp3) is 0.647. The summed E-state index contributed by atoms with van der Waals surface area (Å²) in [4.78, 5) is 0. The number of fused-ring (bicyclic) bond motifs is 1. The molecule has 0 bridgehead atoms. The third-order valence-corrected chi connectivity index (χ3v) is 4.32. The van der Waals surface area contributed by atoms with Gasteiger partial charge in [0.05, 0.1) is 6.61 Å². The van der Waals surface area contributed by atoms with E-state index in [1.165, 1.54) is 43.2 Å². The SMILES string of the molecule is c1cc2c(cc1OCCNCC1CCOC1)CCCC2. The van der Waals surface area contributed by atoms with E-state index in [0.717, 1.165) is 38.7 Å². The first-order valence-electron chi connectivity index (χ1n) is 7.95. The molecular formula is C17H25NO2. The summed E-state index contributed by atoms with van der Waals surface area (Å²) in [5.41, 5.74) is 3.01. The largest absolute Gasteiger partial charge is 0.492 e. The molecule has 0 saturated carbocycles. The van der Waals surface area contributed by atoms with Crippen molar-refractivity contribution >= 4 is 0 Å². The Balaban J connectivity index is 1.37. The zero-order chi connectivity index (χ0) is 13.6. The molecule has 1 fully saturated rings. The molecule has 1 aromatic carbocycles. The number of nitrogens with one attached hydrogen (secondary N) is 1. The quantitative estimate of drug-likeness (QED) is 0.809. The Labute approximate surface area is 121 Å². The van der Waals surface area contributed by atoms with Crippen LogP contribution in [0.5, 0.6) is 5.75 Å². The molecular weight excluding hydrogens is 250 g/mol. The van der Waals surface area contributed by atoms with Gasteiger partial charge in [-0.1, -0.05) is 6.07 Å². The van der Waals surface area contributed by atoms with Gasteiger partial charge in [0.25, 0.3) is 0 Å². The lowest BCUT2D eigenvalue weighted by atomic mass is 9.92. The Morgan fingerprint density at radius 3 is 2.95 bits per heavy atom. The third kappa shape index (κ3) is 3.74. The lowest BCUT2D eigenvalue weighted by Gasteiger charge is -2.17. The van der Waals surface area contributed by atoms with Crippen molar-refractivity contribution in [2.75, 3.05) is 32.9 Å². The van der Waals surface area contributed by atoms with Crippen LogP contribution in [-0.4, -0.2) is 32.9 Å². The maximum absolute atomic E-state index is 5.84. The first-order chi connectivity index (χ1) is 9.92. The molecule has 2 aliphatic rings. The van der Waals surface area contributed by atoms with Gasteiger partial charge >= 0.3 is 0 Å². The van der Waals surface area contributed by atoms with E-state index in [1.54, 1.807) is 0 Å². The molecule has 1 aromatic rings. The Morgan fingerprint density at radius 2 is 2.10 bits per heavy atom. The van der Waals surface area contributed by atoms with Gasteiger partial charge in [-0.2, -0.15) is 0 Å². The number of hydrogen-bond donors (Lipinski definition) is 1. The average molecular weight is 275 g/mol. The van der Waals surface area contributed by atoms with Crippen molar-refractivity contribution in [2.24, 2.45) is 5.92 Å². The molecule has 1 atom stereocenters. The fourth-order valence-electron chi connectivity index (χ4n) is 3.09. The molecule has 0 radical (unpaired) electrons. The molecule has 0 spiro atoms. The van der Waals surface area contributed by atoms with Crippen molar-refractivity contribution in [3.63, 3.8) is 0 Å². The summed E-state index contributed by atoms with van der Waals surface area (Å²) in [7, 11) is 0. The van der Waals surface area contributed by atoms with Crippen molar-refractivity contribution in [3.05, 3.63) is 29.3 Å². The van der Waals surface area contributed by atoms with Crippen LogP contribution in [0.25, 0.3) is 0 Å². The molecule has 20 heavy (non-hydrogen) atoms. The van der Waals surface area contributed by atoms with Crippen LogP contribution in [-0.2, 0) is 17.6 Å². The van der Waals surface area contributed by atoms with Gasteiger partial charge in [-0.3, -0.25) is 0 Å². The smallest absolute Gasteiger partial charge is 0.119 e. The lowest BCUT2D eigenvalue weighted by molar-refractivity contribution is 0.185. The van der Waals surface area contributed by atoms with Gasteiger partial charge in [-0.25, -0.2) is 0 Å². The van der Waals surface area contributed by atoms with Gasteiger partial charge in [-0.05, 0) is 61.3 Å². The standard InChI is InChI=1S/C17H25NO2/c1-2-4-16-11-17(6-5-15(16)3-1)20-10-8-18-12-14-7-9-19-13-14/h5-6,11,14,18H,1-4,7-10,12-13H2. The summed E-state index contributed by atoms with van der Waals surface area (Å²) < 4.78 is 11.2. The van der Waals surface area contributed by atoms with E-state index in [9.17, 15) is 0 Å². The molecule has 1 unspecified atom stereocenters. The monoisotopic (exact) mass is 275 g/mol. The lowest BCUT2D eigenvalue weighted by Crippen LogP contribution is -2.27. The van der Waals surface area contributed by atoms with Crippen LogP contribution in [0.3, 0.4) is 0 Å². The van der Waals surface area contributed by atoms with Crippen molar-refractivity contribution in [3.8, 4) is 5.75 Å². The summed E-state index contributed by atoms with van der Waals surface area (Å²) in [6.07, 6.45) is 6.30. The van der Waals surface area contributed by atoms with Gasteiger partial charge in [0.1, 0.15) is 12.4 Å². The first-order valence-corrected chi connectivity index (χ1v) is 7.95. The maximum atomic E-state index is 5.84. The van der Waals surface area contributed by atoms with Crippen molar-refractivity contribution < 1.29 is 9.47 Å². The van der Waals surface area contributed by atoms with Gasteiger partial charge < -0.3 is 14.8 Å². The minimum Gasteiger partial charge on any atom is -0.492 e. The zero-order valence-electron chi connectivity index (χ0n) is 12.2. The number of ether oxygens (including phenoxy) is 2. The predicted octanol–water partition coefficient (Wildman–Crippen LogP) is 2.57. The first kappa shape index (κ1) is 13.9. The number of aryl methyl sites for hydroxylation is 2. The van der Waals surface area contributed by atoms with E-state index in [4.69, 9.17) is 9.47 Å². The summed E-state index contributed by atoms with van der Waals surface area (Å²) >= 11 is 0. The van der Waals surface area contributed by atoms with Gasteiger partial charge in [0.15, 0.2) is 0 Å². The molecule has 0 amide bonds. The Hall–Kier alpha value is -1.06. The predicted molar refractivity (Wildman–Crippen MR) is 80.4 cm³/mol. The minimum atomic E-state index is 0.693. The molecule has 1 saturated heterocycles. The van der Waals surface area contributed by atoms with Gasteiger partial charge in [0.2, 0.25) is 0 Å². The Bertz CT molecular complexity index is 427. The normalized spacial score (nSPS) is 21.7. The van der Waals surface area contributed by atoms with E-state index >= 15 is 0 Å². The van der Waals surface area contributed by atoms with Crippen LogP contribution in [0.2, 0.25) is 0 Å². The molecule has 3 rings (SSSR count). The second-order valence-corrected chi connectivity index (χ2v) is 5.92. The highest BCUT2D eigenvalue weighted by Crippen LogP contribution is 2.25. The van der Waals surface area contributed by atoms with E-state index in [2.05, 4.69) is 23.5 Å². The fourth-order valence-corrected chi connectivity index (χ4v) is 3.09. The molecule has 110 valence electrons. The van der Waals surface area contributed by atoms with Crippen molar-refractivity contribution in [1.82, 2.24) is 5.32 Å². The maximum Gasteiger partial charge on any atom is 0.119 e. The topological polar surface area (TPSA) is 30.5 Å². The van der Waals surface area contributed by atoms with E-state index in [1.807, 2.05) is 0 Å². The van der Waals surface area contributed by atoms with E-state index < -0.39 is 0 Å². The Morgan fingerprint density at radius 1 is 1.20 bits per heavy atom. The Kier molecular flexibility index (Phi) is 4.93. The zero-order valence-corrected chi connectivity index (χ0v) is 12.2. The van der Waals surface area contributed by atoms with Crippen LogP contribution < -0.4 is 10.1 Å². The number of hydrogen-bond acceptors (Lipinski definition) is 3. The van der Waals surface area contributed by atoms with E-state index in [-0.39, 0.29) is 0 Å².